The van der Waals surface area contributed by atoms with Crippen LogP contribution in [0.25, 0.3) is 0 Å². The average Bonchev–Trinajstić information content (AvgIpc) is 2.92. The second kappa shape index (κ2) is 7.42. The van der Waals surface area contributed by atoms with Gasteiger partial charge in [0.25, 0.3) is 0 Å². The first-order chi connectivity index (χ1) is 10.2. The maximum absolute atomic E-state index is 12.2. The number of halogens is 1. The lowest BCUT2D eigenvalue weighted by Gasteiger charge is -2.25. The lowest BCUT2D eigenvalue weighted by atomic mass is 9.95. The van der Waals surface area contributed by atoms with Gasteiger partial charge in [0.1, 0.15) is 0 Å². The summed E-state index contributed by atoms with van der Waals surface area (Å²) in [6.45, 7) is 1.40. The van der Waals surface area contributed by atoms with Crippen molar-refractivity contribution < 1.29 is 4.79 Å². The van der Waals surface area contributed by atoms with Crippen molar-refractivity contribution in [3.8, 4) is 0 Å². The Labute approximate surface area is 136 Å². The van der Waals surface area contributed by atoms with Crippen LogP contribution in [0.2, 0.25) is 0 Å². The Morgan fingerprint density at radius 3 is 2.91 bits per heavy atom. The van der Waals surface area contributed by atoms with Crippen LogP contribution in [0.3, 0.4) is 0 Å². The highest BCUT2D eigenvalue weighted by Crippen LogP contribution is 2.16. The topological polar surface area (TPSA) is 59.0 Å². The van der Waals surface area contributed by atoms with Crippen LogP contribution in [-0.4, -0.2) is 28.3 Å². The Bertz CT molecular complexity index is 641. The van der Waals surface area contributed by atoms with E-state index in [4.69, 9.17) is 0 Å². The summed E-state index contributed by atoms with van der Waals surface area (Å²) < 4.78 is 1.77. The van der Waals surface area contributed by atoms with Crippen molar-refractivity contribution in [1.29, 1.82) is 0 Å². The number of aromatic nitrogens is 2. The maximum Gasteiger partial charge on any atom is 0.237 e. The molecule has 0 spiro atoms. The van der Waals surface area contributed by atoms with Crippen LogP contribution in [-0.2, 0) is 31.2 Å². The second-order valence-corrected chi connectivity index (χ2v) is 5.47. The van der Waals surface area contributed by atoms with Gasteiger partial charge in [-0.3, -0.25) is 9.48 Å². The molecule has 5 nitrogen and oxygen atoms in total. The number of carbonyl (C=O) groups excluding carboxylic acids is 1. The van der Waals surface area contributed by atoms with Crippen LogP contribution in [0, 0.1) is 0 Å². The fraction of sp³-hybridized carbons (Fsp3) is 0.375. The Kier molecular flexibility index (Phi) is 5.57. The fourth-order valence-corrected chi connectivity index (χ4v) is 2.69. The van der Waals surface area contributed by atoms with Crippen LogP contribution >= 0.6 is 12.4 Å². The van der Waals surface area contributed by atoms with Gasteiger partial charge in [-0.25, -0.2) is 0 Å². The van der Waals surface area contributed by atoms with Gasteiger partial charge < -0.3 is 10.6 Å². The molecule has 1 atom stereocenters. The van der Waals surface area contributed by atoms with E-state index in [0.717, 1.165) is 24.9 Å². The number of fused-ring (bicyclic) bond motifs is 1. The molecule has 1 aliphatic rings. The van der Waals surface area contributed by atoms with Crippen molar-refractivity contribution >= 4 is 18.3 Å². The molecule has 0 bridgehead atoms. The number of hydrogen-bond acceptors (Lipinski definition) is 3. The number of hydrogen-bond donors (Lipinski definition) is 2. The molecule has 0 saturated carbocycles. The minimum Gasteiger partial charge on any atom is -0.354 e. The van der Waals surface area contributed by atoms with Crippen molar-refractivity contribution in [2.45, 2.75) is 25.4 Å². The molecule has 2 aromatic rings. The van der Waals surface area contributed by atoms with E-state index in [1.54, 1.807) is 4.68 Å². The second-order valence-electron chi connectivity index (χ2n) is 5.47. The number of aryl methyl sites for hydroxylation is 1. The number of amides is 1. The van der Waals surface area contributed by atoms with Crippen LogP contribution in [0.15, 0.2) is 36.7 Å². The van der Waals surface area contributed by atoms with E-state index >= 15 is 0 Å². The number of benzene rings is 1. The summed E-state index contributed by atoms with van der Waals surface area (Å²) in [7, 11) is 1.89. The number of carbonyl (C=O) groups is 1. The third kappa shape index (κ3) is 3.87. The van der Waals surface area contributed by atoms with Gasteiger partial charge >= 0.3 is 0 Å². The quantitative estimate of drug-likeness (QED) is 0.890. The fourth-order valence-electron chi connectivity index (χ4n) is 2.69. The van der Waals surface area contributed by atoms with Gasteiger partial charge in [0.05, 0.1) is 12.2 Å². The lowest BCUT2D eigenvalue weighted by molar-refractivity contribution is -0.123. The van der Waals surface area contributed by atoms with Gasteiger partial charge in [0.15, 0.2) is 0 Å². The summed E-state index contributed by atoms with van der Waals surface area (Å²) in [6, 6.07) is 8.15. The minimum atomic E-state index is -0.131. The predicted molar refractivity (Wildman–Crippen MR) is 87.9 cm³/mol. The summed E-state index contributed by atoms with van der Waals surface area (Å²) in [5.41, 5.74) is 3.69. The van der Waals surface area contributed by atoms with E-state index in [-0.39, 0.29) is 24.4 Å². The summed E-state index contributed by atoms with van der Waals surface area (Å²) in [4.78, 5) is 12.2. The molecular weight excluding hydrogens is 300 g/mol. The third-order valence-electron chi connectivity index (χ3n) is 3.87. The predicted octanol–water partition coefficient (Wildman–Crippen LogP) is 1.22. The molecule has 0 radical (unpaired) electrons. The number of nitrogens with zero attached hydrogens (tertiary/aromatic N) is 2. The third-order valence-corrected chi connectivity index (χ3v) is 3.87. The van der Waals surface area contributed by atoms with Crippen molar-refractivity contribution in [2.24, 2.45) is 7.05 Å². The van der Waals surface area contributed by atoms with Crippen LogP contribution in [0.5, 0.6) is 0 Å². The molecule has 2 N–H and O–H groups in total. The highest BCUT2D eigenvalue weighted by molar-refractivity contribution is 5.85. The molecule has 2 heterocycles. The first-order valence-electron chi connectivity index (χ1n) is 7.28. The molecule has 1 aromatic heterocycles. The normalized spacial score (nSPS) is 16.5. The highest BCUT2D eigenvalue weighted by Gasteiger charge is 2.23. The Morgan fingerprint density at radius 1 is 1.41 bits per heavy atom. The maximum atomic E-state index is 12.2. The zero-order chi connectivity index (χ0) is 14.7. The molecule has 6 heteroatoms. The molecule has 1 aromatic carbocycles. The van der Waals surface area contributed by atoms with Crippen molar-refractivity contribution in [2.75, 3.05) is 6.54 Å². The van der Waals surface area contributed by atoms with Crippen LogP contribution < -0.4 is 10.6 Å². The molecule has 0 aliphatic carbocycles. The highest BCUT2D eigenvalue weighted by atomic mass is 35.5. The van der Waals surface area contributed by atoms with Gasteiger partial charge in [-0.1, -0.05) is 24.3 Å². The zero-order valence-electron chi connectivity index (χ0n) is 12.6. The number of rotatable bonds is 4. The SMILES string of the molecule is Cl.Cn1cc(CCNC(=O)C2Cc3ccccc3CN2)cn1. The Balaban J connectivity index is 0.00000176. The molecule has 1 amide bonds. The average molecular weight is 321 g/mol. The van der Waals surface area contributed by atoms with E-state index in [0.29, 0.717) is 6.54 Å². The minimum absolute atomic E-state index is 0. The Morgan fingerprint density at radius 2 is 2.18 bits per heavy atom. The summed E-state index contributed by atoms with van der Waals surface area (Å²) >= 11 is 0. The standard InChI is InChI=1S/C16H20N4O.ClH/c1-20-11-12(9-19-20)6-7-17-16(21)15-8-13-4-2-3-5-14(13)10-18-15;/h2-5,9,11,15,18H,6-8,10H2,1H3,(H,17,21);1H. The van der Waals surface area contributed by atoms with E-state index in [1.165, 1.54) is 11.1 Å². The first-order valence-corrected chi connectivity index (χ1v) is 7.28. The van der Waals surface area contributed by atoms with Crippen molar-refractivity contribution in [1.82, 2.24) is 20.4 Å². The largest absolute Gasteiger partial charge is 0.354 e. The molecule has 1 unspecified atom stereocenters. The smallest absolute Gasteiger partial charge is 0.237 e. The molecule has 1 aliphatic heterocycles. The van der Waals surface area contributed by atoms with Gasteiger partial charge in [0.2, 0.25) is 5.91 Å². The van der Waals surface area contributed by atoms with Crippen LogP contribution in [0.4, 0.5) is 0 Å². The molecule has 118 valence electrons. The molecule has 0 fully saturated rings. The van der Waals surface area contributed by atoms with Gasteiger partial charge in [-0.05, 0) is 29.5 Å². The monoisotopic (exact) mass is 320 g/mol. The molecule has 3 rings (SSSR count). The molecule has 22 heavy (non-hydrogen) atoms. The van der Waals surface area contributed by atoms with E-state index < -0.39 is 0 Å². The van der Waals surface area contributed by atoms with Crippen LogP contribution in [0.1, 0.15) is 16.7 Å². The number of nitrogens with one attached hydrogen (secondary N) is 2. The Hall–Kier alpha value is -1.85. The van der Waals surface area contributed by atoms with Gasteiger partial charge in [0, 0.05) is 26.3 Å². The van der Waals surface area contributed by atoms with E-state index in [1.807, 2.05) is 31.6 Å². The molecular formula is C16H21ClN4O. The van der Waals surface area contributed by atoms with Crippen molar-refractivity contribution in [3.05, 3.63) is 53.3 Å². The van der Waals surface area contributed by atoms with Gasteiger partial charge in [-0.2, -0.15) is 5.10 Å². The summed E-state index contributed by atoms with van der Waals surface area (Å²) in [5.74, 6) is 0.0772. The first kappa shape index (κ1) is 16.5. The summed E-state index contributed by atoms with van der Waals surface area (Å²) in [6.07, 6.45) is 5.38. The van der Waals surface area contributed by atoms with Crippen molar-refractivity contribution in [3.63, 3.8) is 0 Å². The van der Waals surface area contributed by atoms with E-state index in [9.17, 15) is 4.79 Å². The lowest BCUT2D eigenvalue weighted by Crippen LogP contribution is -2.48. The zero-order valence-corrected chi connectivity index (χ0v) is 13.4. The molecule has 0 saturated heterocycles. The van der Waals surface area contributed by atoms with E-state index in [2.05, 4.69) is 27.9 Å². The summed E-state index contributed by atoms with van der Waals surface area (Å²) in [5, 5.41) is 10.4. The van der Waals surface area contributed by atoms with Gasteiger partial charge in [-0.15, -0.1) is 12.4 Å².